The van der Waals surface area contributed by atoms with Gasteiger partial charge in [-0.05, 0) is 85.4 Å². The Morgan fingerprint density at radius 3 is 2.15 bits per heavy atom. The first-order valence-electron chi connectivity index (χ1n) is 11.6. The Labute approximate surface area is 170 Å². The summed E-state index contributed by atoms with van der Waals surface area (Å²) in [6, 6.07) is 0. The van der Waals surface area contributed by atoms with Gasteiger partial charge in [-0.15, -0.1) is 0 Å². The molecule has 0 radical (unpaired) electrons. The first-order valence-corrected chi connectivity index (χ1v) is 11.6. The first kappa shape index (κ1) is 25.0. The molecule has 0 amide bonds. The average Bonchev–Trinajstić information content (AvgIpc) is 2.57. The van der Waals surface area contributed by atoms with Gasteiger partial charge in [-0.1, -0.05) is 61.8 Å². The summed E-state index contributed by atoms with van der Waals surface area (Å²) in [5, 5.41) is 19.7. The summed E-state index contributed by atoms with van der Waals surface area (Å²) < 4.78 is 0. The summed E-state index contributed by atoms with van der Waals surface area (Å²) in [4.78, 5) is 0. The molecule has 0 aromatic heterocycles. The summed E-state index contributed by atoms with van der Waals surface area (Å²) in [5.41, 5.74) is 0.662. The summed E-state index contributed by atoms with van der Waals surface area (Å²) in [5.74, 6) is 2.76. The third kappa shape index (κ3) is 5.72. The number of hydrogen-bond acceptors (Lipinski definition) is 2. The van der Waals surface area contributed by atoms with Crippen LogP contribution in [0.25, 0.3) is 0 Å². The van der Waals surface area contributed by atoms with E-state index in [0.29, 0.717) is 28.6 Å². The van der Waals surface area contributed by atoms with Gasteiger partial charge in [0, 0.05) is 6.61 Å². The normalized spacial score (nSPS) is 34.7. The van der Waals surface area contributed by atoms with Crippen LogP contribution in [0.3, 0.4) is 0 Å². The van der Waals surface area contributed by atoms with Crippen molar-refractivity contribution < 1.29 is 10.2 Å². The van der Waals surface area contributed by atoms with Gasteiger partial charge in [-0.3, -0.25) is 0 Å². The van der Waals surface area contributed by atoms with E-state index >= 15 is 0 Å². The quantitative estimate of drug-likeness (QED) is 0.442. The maximum Gasteiger partial charge on any atom is 0.0512 e. The van der Waals surface area contributed by atoms with Gasteiger partial charge in [0.05, 0.1) is 6.10 Å². The van der Waals surface area contributed by atoms with Gasteiger partial charge in [-0.2, -0.15) is 0 Å². The summed E-state index contributed by atoms with van der Waals surface area (Å²) in [6.45, 7) is 21.3. The summed E-state index contributed by atoms with van der Waals surface area (Å²) in [7, 11) is 0. The molecule has 2 nitrogen and oxygen atoms in total. The van der Waals surface area contributed by atoms with E-state index in [0.717, 1.165) is 25.2 Å². The SMILES string of the molecule is CCC1C(C)(CCC(C)O)C(C)CCC1(C)C(CCC(C)(C)CO)C(C)C. The van der Waals surface area contributed by atoms with E-state index in [9.17, 15) is 10.2 Å². The third-order valence-electron chi connectivity index (χ3n) is 8.55. The molecule has 0 heterocycles. The van der Waals surface area contributed by atoms with E-state index in [1.54, 1.807) is 0 Å². The van der Waals surface area contributed by atoms with Crippen molar-refractivity contribution in [2.24, 2.45) is 39.9 Å². The lowest BCUT2D eigenvalue weighted by Crippen LogP contribution is -2.52. The van der Waals surface area contributed by atoms with Crippen LogP contribution in [0.15, 0.2) is 0 Å². The molecule has 0 saturated heterocycles. The van der Waals surface area contributed by atoms with E-state index in [1.165, 1.54) is 25.7 Å². The molecule has 1 rings (SSSR count). The van der Waals surface area contributed by atoms with Gasteiger partial charge in [0.15, 0.2) is 0 Å². The smallest absolute Gasteiger partial charge is 0.0512 e. The average molecular weight is 383 g/mol. The van der Waals surface area contributed by atoms with E-state index in [2.05, 4.69) is 55.4 Å². The standard InChI is InChI=1S/C25H50O2/c1-10-22-24(8,16-12-20(5)27)19(4)11-15-25(22,9)21(18(2)3)13-14-23(6,7)17-26/h18-22,26-27H,10-17H2,1-9H3. The molecule has 1 aliphatic carbocycles. The molecule has 2 N–H and O–H groups in total. The zero-order chi connectivity index (χ0) is 21.0. The zero-order valence-corrected chi connectivity index (χ0v) is 19.9. The van der Waals surface area contributed by atoms with Crippen molar-refractivity contribution >= 4 is 0 Å². The van der Waals surface area contributed by atoms with Crippen LogP contribution in [0, 0.1) is 39.9 Å². The second kappa shape index (κ2) is 9.61. The Kier molecular flexibility index (Phi) is 8.89. The van der Waals surface area contributed by atoms with Crippen LogP contribution in [-0.4, -0.2) is 22.9 Å². The maximum absolute atomic E-state index is 9.95. The van der Waals surface area contributed by atoms with E-state index in [1.807, 2.05) is 6.92 Å². The molecule has 1 saturated carbocycles. The molecule has 0 bridgehead atoms. The molecule has 0 aliphatic heterocycles. The Morgan fingerprint density at radius 1 is 1.11 bits per heavy atom. The number of hydrogen-bond donors (Lipinski definition) is 2. The molecule has 0 aromatic rings. The predicted octanol–water partition coefficient (Wildman–Crippen LogP) is 6.69. The highest BCUT2D eigenvalue weighted by Gasteiger charge is 2.54. The Bertz CT molecular complexity index is 442. The van der Waals surface area contributed by atoms with Crippen LogP contribution in [0.5, 0.6) is 0 Å². The summed E-state index contributed by atoms with van der Waals surface area (Å²) in [6.07, 6.45) is 7.99. The zero-order valence-electron chi connectivity index (χ0n) is 19.9. The van der Waals surface area contributed by atoms with Gasteiger partial charge in [0.25, 0.3) is 0 Å². The monoisotopic (exact) mass is 382 g/mol. The molecule has 6 unspecified atom stereocenters. The van der Waals surface area contributed by atoms with Crippen molar-refractivity contribution in [1.82, 2.24) is 0 Å². The lowest BCUT2D eigenvalue weighted by atomic mass is 9.45. The van der Waals surface area contributed by atoms with E-state index in [4.69, 9.17) is 0 Å². The highest BCUT2D eigenvalue weighted by Crippen LogP contribution is 2.62. The molecule has 0 spiro atoms. The lowest BCUT2D eigenvalue weighted by Gasteiger charge is -2.59. The second-order valence-corrected chi connectivity index (χ2v) is 11.5. The fraction of sp³-hybridized carbons (Fsp3) is 1.00. The topological polar surface area (TPSA) is 40.5 Å². The minimum Gasteiger partial charge on any atom is -0.396 e. The van der Waals surface area contributed by atoms with Crippen molar-refractivity contribution in [2.45, 2.75) is 113 Å². The maximum atomic E-state index is 9.95. The van der Waals surface area contributed by atoms with E-state index < -0.39 is 0 Å². The highest BCUT2D eigenvalue weighted by atomic mass is 16.3. The molecule has 0 aromatic carbocycles. The molecule has 162 valence electrons. The third-order valence-corrected chi connectivity index (χ3v) is 8.55. The Balaban J connectivity index is 3.18. The number of aliphatic hydroxyl groups is 2. The predicted molar refractivity (Wildman–Crippen MR) is 118 cm³/mol. The Morgan fingerprint density at radius 2 is 1.70 bits per heavy atom. The first-order chi connectivity index (χ1) is 12.3. The summed E-state index contributed by atoms with van der Waals surface area (Å²) >= 11 is 0. The lowest BCUT2D eigenvalue weighted by molar-refractivity contribution is -0.107. The number of aliphatic hydroxyl groups excluding tert-OH is 2. The molecule has 2 heteroatoms. The fourth-order valence-electron chi connectivity index (χ4n) is 6.49. The van der Waals surface area contributed by atoms with Crippen LogP contribution in [-0.2, 0) is 0 Å². The molecule has 6 atom stereocenters. The van der Waals surface area contributed by atoms with Gasteiger partial charge in [0.2, 0.25) is 0 Å². The van der Waals surface area contributed by atoms with Crippen LogP contribution in [0.4, 0.5) is 0 Å². The highest BCUT2D eigenvalue weighted by molar-refractivity contribution is 5.03. The molecular formula is C25H50O2. The second-order valence-electron chi connectivity index (χ2n) is 11.5. The van der Waals surface area contributed by atoms with Crippen LogP contribution >= 0.6 is 0 Å². The molecule has 1 aliphatic rings. The van der Waals surface area contributed by atoms with Crippen molar-refractivity contribution in [3.05, 3.63) is 0 Å². The fourth-order valence-corrected chi connectivity index (χ4v) is 6.49. The van der Waals surface area contributed by atoms with E-state index in [-0.39, 0.29) is 18.1 Å². The van der Waals surface area contributed by atoms with Crippen LogP contribution in [0.2, 0.25) is 0 Å². The van der Waals surface area contributed by atoms with Crippen molar-refractivity contribution in [2.75, 3.05) is 6.61 Å². The van der Waals surface area contributed by atoms with Gasteiger partial charge < -0.3 is 10.2 Å². The molecular weight excluding hydrogens is 332 g/mol. The van der Waals surface area contributed by atoms with Crippen molar-refractivity contribution in [1.29, 1.82) is 0 Å². The minimum absolute atomic E-state index is 0.0167. The minimum atomic E-state index is -0.203. The number of rotatable bonds is 10. The molecule has 27 heavy (non-hydrogen) atoms. The van der Waals surface area contributed by atoms with Crippen LogP contribution < -0.4 is 0 Å². The largest absolute Gasteiger partial charge is 0.396 e. The van der Waals surface area contributed by atoms with Gasteiger partial charge in [0.1, 0.15) is 0 Å². The van der Waals surface area contributed by atoms with Crippen molar-refractivity contribution in [3.8, 4) is 0 Å². The van der Waals surface area contributed by atoms with Gasteiger partial charge >= 0.3 is 0 Å². The Hall–Kier alpha value is -0.0800. The van der Waals surface area contributed by atoms with Crippen molar-refractivity contribution in [3.63, 3.8) is 0 Å². The molecule has 1 fully saturated rings. The van der Waals surface area contributed by atoms with Gasteiger partial charge in [-0.25, -0.2) is 0 Å². The van der Waals surface area contributed by atoms with Crippen LogP contribution in [0.1, 0.15) is 107 Å².